The van der Waals surface area contributed by atoms with Gasteiger partial charge in [0.25, 0.3) is 0 Å². The predicted molar refractivity (Wildman–Crippen MR) is 164 cm³/mol. The van der Waals surface area contributed by atoms with Crippen LogP contribution in [0.2, 0.25) is 0 Å². The van der Waals surface area contributed by atoms with Gasteiger partial charge in [-0.15, -0.1) is 16.4 Å². The second-order valence-corrected chi connectivity index (χ2v) is 10.4. The average Bonchev–Trinajstić information content (AvgIpc) is 3.73. The standard InChI is InChI=1S/C35H24N4S/c1-3-9-25(10-4-1)29-19-30(26-11-5-2-6-12-26)21-31(20-29)27-14-16-28(17-15-27)34-23-39(38-37-34)35-22-32(24-40-35)33-13-7-8-18-36-33/h1-24H. The summed E-state index contributed by atoms with van der Waals surface area (Å²) in [6.45, 7) is 0. The van der Waals surface area contributed by atoms with Crippen molar-refractivity contribution in [1.82, 2.24) is 20.0 Å². The molecule has 0 bridgehead atoms. The van der Waals surface area contributed by atoms with Crippen LogP contribution in [0.1, 0.15) is 0 Å². The van der Waals surface area contributed by atoms with Crippen LogP contribution >= 0.6 is 11.3 Å². The minimum Gasteiger partial charge on any atom is -0.256 e. The van der Waals surface area contributed by atoms with Crippen LogP contribution in [0, 0.1) is 0 Å². The molecule has 0 N–H and O–H groups in total. The molecule has 7 aromatic rings. The van der Waals surface area contributed by atoms with Crippen LogP contribution in [0.5, 0.6) is 0 Å². The molecular weight excluding hydrogens is 508 g/mol. The fourth-order valence-corrected chi connectivity index (χ4v) is 5.67. The SMILES string of the molecule is c1ccc(-c2cc(-c3ccccc3)cc(-c3ccc(-c4cn(-c5cc(-c6ccccn6)cs5)nn4)cc3)c2)cc1. The minimum atomic E-state index is 0.836. The summed E-state index contributed by atoms with van der Waals surface area (Å²) in [7, 11) is 0. The molecule has 0 aliphatic rings. The predicted octanol–water partition coefficient (Wildman–Crippen LogP) is 9.06. The summed E-state index contributed by atoms with van der Waals surface area (Å²) in [5.74, 6) is 0. The molecule has 7 rings (SSSR count). The number of thiophene rings is 1. The lowest BCUT2D eigenvalue weighted by Crippen LogP contribution is -1.90. The fourth-order valence-electron chi connectivity index (χ4n) is 4.84. The normalized spacial score (nSPS) is 11.0. The van der Waals surface area contributed by atoms with Gasteiger partial charge in [-0.3, -0.25) is 4.98 Å². The van der Waals surface area contributed by atoms with E-state index in [2.05, 4.69) is 130 Å². The Morgan fingerprint density at radius 1 is 0.475 bits per heavy atom. The number of nitrogens with zero attached hydrogens (tertiary/aromatic N) is 4. The molecule has 40 heavy (non-hydrogen) atoms. The second kappa shape index (κ2) is 10.6. The van der Waals surface area contributed by atoms with Crippen LogP contribution in [-0.2, 0) is 0 Å². The number of benzene rings is 4. The van der Waals surface area contributed by atoms with Crippen molar-refractivity contribution < 1.29 is 0 Å². The Morgan fingerprint density at radius 3 is 1.65 bits per heavy atom. The van der Waals surface area contributed by atoms with E-state index in [4.69, 9.17) is 0 Å². The van der Waals surface area contributed by atoms with Gasteiger partial charge in [-0.25, -0.2) is 4.68 Å². The highest BCUT2D eigenvalue weighted by Gasteiger charge is 2.11. The molecule has 4 nitrogen and oxygen atoms in total. The first-order valence-corrected chi connectivity index (χ1v) is 14.0. The van der Waals surface area contributed by atoms with Crippen LogP contribution in [0.15, 0.2) is 145 Å². The summed E-state index contributed by atoms with van der Waals surface area (Å²) in [5, 5.41) is 12.0. The summed E-state index contributed by atoms with van der Waals surface area (Å²) in [4.78, 5) is 4.45. The third-order valence-corrected chi connectivity index (χ3v) is 7.84. The lowest BCUT2D eigenvalue weighted by molar-refractivity contribution is 0.815. The van der Waals surface area contributed by atoms with Crippen molar-refractivity contribution in [3.05, 3.63) is 145 Å². The lowest BCUT2D eigenvalue weighted by atomic mass is 9.93. The molecular formula is C35H24N4S. The largest absolute Gasteiger partial charge is 0.256 e. The molecule has 0 spiro atoms. The highest BCUT2D eigenvalue weighted by atomic mass is 32.1. The van der Waals surface area contributed by atoms with Gasteiger partial charge in [-0.05, 0) is 69.8 Å². The van der Waals surface area contributed by atoms with Gasteiger partial charge in [0.1, 0.15) is 10.7 Å². The van der Waals surface area contributed by atoms with Crippen molar-refractivity contribution in [1.29, 1.82) is 0 Å². The van der Waals surface area contributed by atoms with E-state index in [1.54, 1.807) is 11.3 Å². The topological polar surface area (TPSA) is 43.6 Å². The molecule has 0 saturated heterocycles. The Morgan fingerprint density at radius 2 is 1.05 bits per heavy atom. The van der Waals surface area contributed by atoms with E-state index in [1.165, 1.54) is 27.8 Å². The van der Waals surface area contributed by atoms with Crippen molar-refractivity contribution >= 4 is 11.3 Å². The Bertz CT molecular complexity index is 1820. The monoisotopic (exact) mass is 532 g/mol. The molecule has 0 radical (unpaired) electrons. The van der Waals surface area contributed by atoms with E-state index in [0.29, 0.717) is 0 Å². The van der Waals surface area contributed by atoms with Gasteiger partial charge in [0.2, 0.25) is 0 Å². The Balaban J connectivity index is 1.19. The average molecular weight is 533 g/mol. The molecule has 3 heterocycles. The van der Waals surface area contributed by atoms with Gasteiger partial charge in [0.05, 0.1) is 11.9 Å². The first-order valence-electron chi connectivity index (χ1n) is 13.1. The lowest BCUT2D eigenvalue weighted by Gasteiger charge is -2.11. The Hall–Kier alpha value is -5.13. The Labute approximate surface area is 236 Å². The van der Waals surface area contributed by atoms with E-state index in [9.17, 15) is 0 Å². The third-order valence-electron chi connectivity index (χ3n) is 6.93. The highest BCUT2D eigenvalue weighted by Crippen LogP contribution is 2.34. The van der Waals surface area contributed by atoms with Gasteiger partial charge in [-0.1, -0.05) is 96.2 Å². The molecule has 0 amide bonds. The molecule has 4 aromatic carbocycles. The zero-order valence-corrected chi connectivity index (χ0v) is 22.4. The highest BCUT2D eigenvalue weighted by molar-refractivity contribution is 7.13. The molecule has 3 aromatic heterocycles. The van der Waals surface area contributed by atoms with Crippen LogP contribution in [0.25, 0.3) is 60.9 Å². The minimum absolute atomic E-state index is 0.836. The molecule has 0 aliphatic heterocycles. The molecule has 0 aliphatic carbocycles. The molecule has 5 heteroatoms. The maximum absolute atomic E-state index is 4.46. The zero-order valence-electron chi connectivity index (χ0n) is 21.6. The quantitative estimate of drug-likeness (QED) is 0.215. The van der Waals surface area contributed by atoms with Gasteiger partial charge in [0, 0.05) is 22.7 Å². The molecule has 190 valence electrons. The molecule has 0 saturated carbocycles. The van der Waals surface area contributed by atoms with Crippen molar-refractivity contribution in [2.24, 2.45) is 0 Å². The van der Waals surface area contributed by atoms with Gasteiger partial charge >= 0.3 is 0 Å². The van der Waals surface area contributed by atoms with Crippen LogP contribution in [-0.4, -0.2) is 20.0 Å². The van der Waals surface area contributed by atoms with Crippen LogP contribution < -0.4 is 0 Å². The van der Waals surface area contributed by atoms with Crippen molar-refractivity contribution in [2.45, 2.75) is 0 Å². The van der Waals surface area contributed by atoms with E-state index in [-0.39, 0.29) is 0 Å². The zero-order chi connectivity index (χ0) is 26.7. The Kier molecular flexibility index (Phi) is 6.32. The van der Waals surface area contributed by atoms with E-state index < -0.39 is 0 Å². The number of aromatic nitrogens is 4. The fraction of sp³-hybridized carbons (Fsp3) is 0. The molecule has 0 atom stereocenters. The molecule has 0 unspecified atom stereocenters. The van der Waals surface area contributed by atoms with E-state index in [0.717, 1.165) is 33.1 Å². The summed E-state index contributed by atoms with van der Waals surface area (Å²) in [6, 6.07) is 44.5. The first-order chi connectivity index (χ1) is 19.8. The van der Waals surface area contributed by atoms with E-state index >= 15 is 0 Å². The second-order valence-electron chi connectivity index (χ2n) is 9.55. The summed E-state index contributed by atoms with van der Waals surface area (Å²) in [5.41, 5.74) is 11.0. The maximum Gasteiger partial charge on any atom is 0.120 e. The number of pyridine rings is 1. The molecule has 0 fully saturated rings. The van der Waals surface area contributed by atoms with Gasteiger partial charge in [-0.2, -0.15) is 0 Å². The van der Waals surface area contributed by atoms with Gasteiger partial charge < -0.3 is 0 Å². The smallest absolute Gasteiger partial charge is 0.120 e. The van der Waals surface area contributed by atoms with Gasteiger partial charge in [0.15, 0.2) is 0 Å². The van der Waals surface area contributed by atoms with Crippen LogP contribution in [0.4, 0.5) is 0 Å². The maximum atomic E-state index is 4.46. The summed E-state index contributed by atoms with van der Waals surface area (Å²) in [6.07, 6.45) is 3.79. The summed E-state index contributed by atoms with van der Waals surface area (Å²) >= 11 is 1.63. The van der Waals surface area contributed by atoms with E-state index in [1.807, 2.05) is 35.3 Å². The number of rotatable bonds is 6. The first kappa shape index (κ1) is 23.9. The van der Waals surface area contributed by atoms with Crippen molar-refractivity contribution in [3.8, 4) is 60.9 Å². The van der Waals surface area contributed by atoms with Crippen LogP contribution in [0.3, 0.4) is 0 Å². The summed E-state index contributed by atoms with van der Waals surface area (Å²) < 4.78 is 1.83. The number of hydrogen-bond donors (Lipinski definition) is 0. The van der Waals surface area contributed by atoms with Crippen molar-refractivity contribution in [3.63, 3.8) is 0 Å². The van der Waals surface area contributed by atoms with Crippen molar-refractivity contribution in [2.75, 3.05) is 0 Å². The number of hydrogen-bond acceptors (Lipinski definition) is 4. The third kappa shape index (κ3) is 4.86.